The zero-order chi connectivity index (χ0) is 11.1. The molecule has 2 heteroatoms. The fourth-order valence-corrected chi connectivity index (χ4v) is 2.60. The highest BCUT2D eigenvalue weighted by atomic mass is 14.4. The van der Waals surface area contributed by atoms with Crippen LogP contribution in [0.15, 0.2) is 47.6 Å². The molecule has 4 rings (SSSR count). The van der Waals surface area contributed by atoms with Gasteiger partial charge in [-0.05, 0) is 11.1 Å². The van der Waals surface area contributed by atoms with Gasteiger partial charge in [0.1, 0.15) is 0 Å². The maximum Gasteiger partial charge on any atom is 0.0967 e. The number of nitrogens with zero attached hydrogens (tertiary/aromatic N) is 2. The van der Waals surface area contributed by atoms with Crippen LogP contribution < -0.4 is 0 Å². The van der Waals surface area contributed by atoms with Crippen molar-refractivity contribution in [2.75, 3.05) is 0 Å². The molecule has 0 aromatic heterocycles. The van der Waals surface area contributed by atoms with Crippen LogP contribution >= 0.6 is 0 Å². The molecule has 0 radical (unpaired) electrons. The number of rotatable bonds is 0. The monoisotopic (exact) mass is 204 g/mol. The Morgan fingerprint density at radius 3 is 1.62 bits per heavy atom. The van der Waals surface area contributed by atoms with Crippen molar-refractivity contribution in [2.45, 2.75) is 11.8 Å². The van der Waals surface area contributed by atoms with E-state index in [9.17, 15) is 0 Å². The lowest BCUT2D eigenvalue weighted by molar-refractivity contribution is 0.821. The van der Waals surface area contributed by atoms with Gasteiger partial charge in [-0.2, -0.15) is 10.5 Å². The molecule has 74 valence electrons. The second-order valence-electron chi connectivity index (χ2n) is 4.02. The Kier molecular flexibility index (Phi) is 1.72. The number of hydrogen-bond donors (Lipinski definition) is 0. The number of allylic oxidation sites excluding steroid dienone is 4. The third-order valence-corrected chi connectivity index (χ3v) is 3.32. The first-order valence-electron chi connectivity index (χ1n) is 5.18. The second-order valence-corrected chi connectivity index (χ2v) is 4.02. The van der Waals surface area contributed by atoms with Crippen molar-refractivity contribution in [3.8, 4) is 12.1 Å². The van der Waals surface area contributed by atoms with Gasteiger partial charge in [-0.15, -0.1) is 0 Å². The molecule has 0 aliphatic heterocycles. The largest absolute Gasteiger partial charge is 0.193 e. The van der Waals surface area contributed by atoms with E-state index in [1.165, 1.54) is 11.1 Å². The first-order valence-corrected chi connectivity index (χ1v) is 5.18. The number of nitriles is 2. The molecular formula is C14H8N2. The van der Waals surface area contributed by atoms with E-state index >= 15 is 0 Å². The number of hydrogen-bond acceptors (Lipinski definition) is 2. The molecule has 1 aromatic carbocycles. The third-order valence-electron chi connectivity index (χ3n) is 3.32. The third kappa shape index (κ3) is 0.938. The van der Waals surface area contributed by atoms with Gasteiger partial charge in [0.25, 0.3) is 0 Å². The Bertz CT molecular complexity index is 555. The number of benzene rings is 1. The molecule has 2 unspecified atom stereocenters. The lowest BCUT2D eigenvalue weighted by atomic mass is 9.68. The molecule has 3 aliphatic carbocycles. The normalized spacial score (nSPS) is 24.9. The second kappa shape index (κ2) is 3.08. The van der Waals surface area contributed by atoms with Gasteiger partial charge >= 0.3 is 0 Å². The zero-order valence-corrected chi connectivity index (χ0v) is 8.51. The van der Waals surface area contributed by atoms with Crippen molar-refractivity contribution < 1.29 is 0 Å². The first kappa shape index (κ1) is 8.95. The smallest absolute Gasteiger partial charge is 0.0967 e. The summed E-state index contributed by atoms with van der Waals surface area (Å²) in [7, 11) is 0. The van der Waals surface area contributed by atoms with E-state index < -0.39 is 0 Å². The maximum atomic E-state index is 9.15. The van der Waals surface area contributed by atoms with Crippen LogP contribution in [-0.4, -0.2) is 0 Å². The van der Waals surface area contributed by atoms with Crippen LogP contribution in [0.25, 0.3) is 0 Å². The predicted molar refractivity (Wildman–Crippen MR) is 59.3 cm³/mol. The minimum atomic E-state index is -0.0131. The van der Waals surface area contributed by atoms with E-state index in [-0.39, 0.29) is 11.8 Å². The highest BCUT2D eigenvalue weighted by Gasteiger charge is 2.35. The van der Waals surface area contributed by atoms with Crippen LogP contribution in [0.5, 0.6) is 0 Å². The standard InChI is InChI=1S/C14H8N2/c15-7-13-11-5-6-12(14(13)8-16)10-4-2-1-3-9(10)11/h1-6,11-12H. The van der Waals surface area contributed by atoms with Crippen LogP contribution in [0.4, 0.5) is 0 Å². The Morgan fingerprint density at radius 2 is 1.25 bits per heavy atom. The quantitative estimate of drug-likeness (QED) is 0.610. The average Bonchev–Trinajstić information content (AvgIpc) is 2.38. The summed E-state index contributed by atoms with van der Waals surface area (Å²) in [5.74, 6) is -0.0262. The first-order chi connectivity index (χ1) is 7.86. The summed E-state index contributed by atoms with van der Waals surface area (Å²) in [6.45, 7) is 0. The SMILES string of the molecule is N#CC1=C(C#N)C2C=CC1c1ccccc12. The average molecular weight is 204 g/mol. The summed E-state index contributed by atoms with van der Waals surface area (Å²) < 4.78 is 0. The molecule has 2 bridgehead atoms. The van der Waals surface area contributed by atoms with Gasteiger partial charge in [0.05, 0.1) is 23.3 Å². The fourth-order valence-electron chi connectivity index (χ4n) is 2.60. The minimum Gasteiger partial charge on any atom is -0.193 e. The van der Waals surface area contributed by atoms with Gasteiger partial charge < -0.3 is 0 Å². The van der Waals surface area contributed by atoms with Gasteiger partial charge in [-0.25, -0.2) is 0 Å². The fraction of sp³-hybridized carbons (Fsp3) is 0.143. The zero-order valence-electron chi connectivity index (χ0n) is 8.51. The molecule has 0 fully saturated rings. The van der Waals surface area contributed by atoms with Crippen LogP contribution in [0.1, 0.15) is 23.0 Å². The van der Waals surface area contributed by atoms with Gasteiger partial charge in [0.2, 0.25) is 0 Å². The molecule has 0 amide bonds. The van der Waals surface area contributed by atoms with Crippen molar-refractivity contribution >= 4 is 0 Å². The molecule has 2 nitrogen and oxygen atoms in total. The molecule has 2 atom stereocenters. The van der Waals surface area contributed by atoms with E-state index in [2.05, 4.69) is 12.1 Å². The summed E-state index contributed by atoms with van der Waals surface area (Å²) in [4.78, 5) is 0. The molecule has 0 spiro atoms. The van der Waals surface area contributed by atoms with Crippen LogP contribution in [0.2, 0.25) is 0 Å². The van der Waals surface area contributed by atoms with E-state index in [1.807, 2.05) is 36.4 Å². The summed E-state index contributed by atoms with van der Waals surface area (Å²) >= 11 is 0. The minimum absolute atomic E-state index is 0.0131. The van der Waals surface area contributed by atoms with Gasteiger partial charge in [0.15, 0.2) is 0 Å². The summed E-state index contributed by atoms with van der Waals surface area (Å²) in [6, 6.07) is 12.4. The van der Waals surface area contributed by atoms with Crippen molar-refractivity contribution in [3.05, 3.63) is 58.7 Å². The summed E-state index contributed by atoms with van der Waals surface area (Å²) in [5.41, 5.74) is 3.58. The van der Waals surface area contributed by atoms with Gasteiger partial charge in [0, 0.05) is 11.8 Å². The van der Waals surface area contributed by atoms with Crippen molar-refractivity contribution in [1.29, 1.82) is 10.5 Å². The highest BCUT2D eigenvalue weighted by molar-refractivity contribution is 5.63. The molecule has 0 saturated heterocycles. The molecule has 3 aliphatic rings. The van der Waals surface area contributed by atoms with Crippen molar-refractivity contribution in [2.24, 2.45) is 0 Å². The van der Waals surface area contributed by atoms with E-state index in [1.54, 1.807) is 0 Å². The van der Waals surface area contributed by atoms with E-state index in [0.717, 1.165) is 0 Å². The Morgan fingerprint density at radius 1 is 0.812 bits per heavy atom. The van der Waals surface area contributed by atoms with Crippen molar-refractivity contribution in [1.82, 2.24) is 0 Å². The lowest BCUT2D eigenvalue weighted by Gasteiger charge is -2.32. The molecule has 0 saturated carbocycles. The molecule has 0 N–H and O–H groups in total. The van der Waals surface area contributed by atoms with E-state index in [0.29, 0.717) is 11.1 Å². The lowest BCUT2D eigenvalue weighted by Crippen LogP contribution is -2.20. The molecule has 1 aromatic rings. The molecule has 0 heterocycles. The Balaban J connectivity index is 2.30. The molecule has 16 heavy (non-hydrogen) atoms. The summed E-state index contributed by atoms with van der Waals surface area (Å²) in [5, 5.41) is 18.3. The highest BCUT2D eigenvalue weighted by Crippen LogP contribution is 2.47. The summed E-state index contributed by atoms with van der Waals surface area (Å²) in [6.07, 6.45) is 4.07. The van der Waals surface area contributed by atoms with Crippen LogP contribution in [0.3, 0.4) is 0 Å². The molecular weight excluding hydrogens is 196 g/mol. The van der Waals surface area contributed by atoms with E-state index in [4.69, 9.17) is 10.5 Å². The van der Waals surface area contributed by atoms with Crippen LogP contribution in [0, 0.1) is 22.7 Å². The topological polar surface area (TPSA) is 47.6 Å². The van der Waals surface area contributed by atoms with Gasteiger partial charge in [-0.1, -0.05) is 36.4 Å². The van der Waals surface area contributed by atoms with Gasteiger partial charge in [-0.3, -0.25) is 0 Å². The maximum absolute atomic E-state index is 9.15. The van der Waals surface area contributed by atoms with Crippen molar-refractivity contribution in [3.63, 3.8) is 0 Å². The predicted octanol–water partition coefficient (Wildman–Crippen LogP) is 2.78. The van der Waals surface area contributed by atoms with Crippen LogP contribution in [-0.2, 0) is 0 Å². The Hall–Kier alpha value is -2.32. The Labute approximate surface area is 93.7 Å².